The smallest absolute Gasteiger partial charge is 0.315 e. The number of likely N-dealkylation sites (N-methyl/N-ethyl adjacent to an activating group) is 1. The second kappa shape index (κ2) is 8.30. The van der Waals surface area contributed by atoms with E-state index >= 15 is 0 Å². The van der Waals surface area contributed by atoms with Crippen LogP contribution in [0.1, 0.15) is 31.4 Å². The average molecular weight is 358 g/mol. The van der Waals surface area contributed by atoms with E-state index in [1.165, 1.54) is 12.1 Å². The van der Waals surface area contributed by atoms with Crippen molar-refractivity contribution in [1.29, 1.82) is 0 Å². The van der Waals surface area contributed by atoms with Crippen molar-refractivity contribution < 1.29 is 19.1 Å². The van der Waals surface area contributed by atoms with Crippen LogP contribution in [0.15, 0.2) is 18.2 Å². The lowest BCUT2D eigenvalue weighted by atomic mass is 10.00. The normalized spacial score (nSPS) is 20.8. The molecule has 0 spiro atoms. The highest BCUT2D eigenvalue weighted by atomic mass is 35.5. The Hall–Kier alpha value is -1.86. The van der Waals surface area contributed by atoms with Crippen molar-refractivity contribution in [3.8, 4) is 0 Å². The maximum atomic E-state index is 13.8. The number of amides is 2. The first kappa shape index (κ1) is 18.5. The van der Waals surface area contributed by atoms with Gasteiger partial charge in [0.1, 0.15) is 5.82 Å². The largest absolute Gasteiger partial charge is 0.481 e. The molecule has 2 rings (SSSR count). The van der Waals surface area contributed by atoms with Crippen LogP contribution in [0.3, 0.4) is 0 Å². The molecule has 24 heavy (non-hydrogen) atoms. The van der Waals surface area contributed by atoms with Crippen LogP contribution in [0.5, 0.6) is 0 Å². The molecule has 1 heterocycles. The molecular formula is C16H21ClFN3O3. The second-order valence-corrected chi connectivity index (χ2v) is 6.09. The second-order valence-electron chi connectivity index (χ2n) is 5.69. The summed E-state index contributed by atoms with van der Waals surface area (Å²) in [5.41, 5.74) is 0.757. The van der Waals surface area contributed by atoms with E-state index in [-0.39, 0.29) is 30.1 Å². The molecule has 1 aromatic rings. The third-order valence-electron chi connectivity index (χ3n) is 4.13. The summed E-state index contributed by atoms with van der Waals surface area (Å²) in [6, 6.07) is 3.93. The summed E-state index contributed by atoms with van der Waals surface area (Å²) in [6.07, 6.45) is 0.597. The summed E-state index contributed by atoms with van der Waals surface area (Å²) in [6.45, 7) is 3.62. The molecule has 2 unspecified atom stereocenters. The van der Waals surface area contributed by atoms with Crippen molar-refractivity contribution >= 4 is 23.6 Å². The Labute approximate surface area is 145 Å². The van der Waals surface area contributed by atoms with E-state index in [1.54, 1.807) is 6.07 Å². The quantitative estimate of drug-likeness (QED) is 0.730. The first-order valence-electron chi connectivity index (χ1n) is 7.87. The van der Waals surface area contributed by atoms with E-state index in [1.807, 2.05) is 6.92 Å². The van der Waals surface area contributed by atoms with Gasteiger partial charge in [-0.1, -0.05) is 24.6 Å². The van der Waals surface area contributed by atoms with Crippen LogP contribution in [0.4, 0.5) is 9.18 Å². The number of nitrogens with one attached hydrogen (secondary N) is 2. The first-order valence-corrected chi connectivity index (χ1v) is 8.25. The fourth-order valence-corrected chi connectivity index (χ4v) is 3.12. The van der Waals surface area contributed by atoms with Gasteiger partial charge in [0.25, 0.3) is 0 Å². The van der Waals surface area contributed by atoms with Gasteiger partial charge in [-0.3, -0.25) is 9.69 Å². The van der Waals surface area contributed by atoms with E-state index in [2.05, 4.69) is 15.5 Å². The van der Waals surface area contributed by atoms with Crippen LogP contribution in [-0.2, 0) is 4.79 Å². The zero-order valence-corrected chi connectivity index (χ0v) is 14.1. The van der Waals surface area contributed by atoms with E-state index in [0.29, 0.717) is 0 Å². The molecule has 0 saturated carbocycles. The van der Waals surface area contributed by atoms with Gasteiger partial charge in [-0.25, -0.2) is 9.18 Å². The van der Waals surface area contributed by atoms with E-state index in [4.69, 9.17) is 16.7 Å². The molecule has 2 amide bonds. The number of carboxylic acids is 1. The number of carbonyl (C=O) groups is 2. The molecule has 6 nitrogen and oxygen atoms in total. The van der Waals surface area contributed by atoms with Crippen LogP contribution in [0.2, 0.25) is 5.02 Å². The predicted octanol–water partition coefficient (Wildman–Crippen LogP) is 2.39. The molecule has 0 aliphatic carbocycles. The first-order chi connectivity index (χ1) is 11.4. The Morgan fingerprint density at radius 3 is 2.83 bits per heavy atom. The molecule has 1 saturated heterocycles. The highest BCUT2D eigenvalue weighted by molar-refractivity contribution is 6.30. The molecule has 0 aromatic heterocycles. The van der Waals surface area contributed by atoms with Gasteiger partial charge < -0.3 is 15.7 Å². The fourth-order valence-electron chi connectivity index (χ4n) is 3.00. The molecule has 1 aliphatic rings. The lowest BCUT2D eigenvalue weighted by Gasteiger charge is -2.28. The van der Waals surface area contributed by atoms with Crippen LogP contribution in [0, 0.1) is 5.82 Å². The third kappa shape index (κ3) is 4.58. The number of likely N-dealkylation sites (tertiary alicyclic amines) is 1. The summed E-state index contributed by atoms with van der Waals surface area (Å²) in [5.74, 6) is -1.45. The summed E-state index contributed by atoms with van der Waals surface area (Å²) in [4.78, 5) is 24.6. The van der Waals surface area contributed by atoms with Gasteiger partial charge in [-0.05, 0) is 30.7 Å². The summed E-state index contributed by atoms with van der Waals surface area (Å²) >= 11 is 5.74. The average Bonchev–Trinajstić information content (AvgIpc) is 2.92. The summed E-state index contributed by atoms with van der Waals surface area (Å²) < 4.78 is 13.8. The molecule has 3 N–H and O–H groups in total. The summed E-state index contributed by atoms with van der Waals surface area (Å²) in [7, 11) is 0. The van der Waals surface area contributed by atoms with Gasteiger partial charge >= 0.3 is 12.0 Å². The van der Waals surface area contributed by atoms with Crippen LogP contribution in [-0.4, -0.2) is 47.7 Å². The standard InChI is InChI=1S/C16H21ClFN3O3/c1-2-21-8-6-13(20-16(24)19-7-5-14(22)23)15(21)10-3-4-11(17)12(18)9-10/h3-4,9,13,15H,2,5-8H2,1H3,(H,22,23)(H2,19,20,24). The van der Waals surface area contributed by atoms with Crippen molar-refractivity contribution in [1.82, 2.24) is 15.5 Å². The Bertz CT molecular complexity index is 614. The maximum Gasteiger partial charge on any atom is 0.315 e. The molecule has 0 radical (unpaired) electrons. The number of nitrogens with zero attached hydrogens (tertiary/aromatic N) is 1. The SMILES string of the molecule is CCN1CCC(NC(=O)NCCC(=O)O)C1c1ccc(Cl)c(F)c1. The monoisotopic (exact) mass is 357 g/mol. The number of halogens is 2. The zero-order chi connectivity index (χ0) is 17.7. The molecule has 0 bridgehead atoms. The highest BCUT2D eigenvalue weighted by Crippen LogP contribution is 2.33. The van der Waals surface area contributed by atoms with Gasteiger partial charge in [-0.15, -0.1) is 0 Å². The van der Waals surface area contributed by atoms with E-state index < -0.39 is 17.8 Å². The lowest BCUT2D eigenvalue weighted by Crippen LogP contribution is -2.45. The Kier molecular flexibility index (Phi) is 6.39. The Morgan fingerprint density at radius 2 is 2.21 bits per heavy atom. The minimum absolute atomic E-state index is 0.0611. The molecule has 2 atom stereocenters. The van der Waals surface area contributed by atoms with Gasteiger partial charge in [0.2, 0.25) is 0 Å². The van der Waals surface area contributed by atoms with Gasteiger partial charge in [0, 0.05) is 13.1 Å². The zero-order valence-electron chi connectivity index (χ0n) is 13.4. The molecule has 1 fully saturated rings. The van der Waals surface area contributed by atoms with E-state index in [9.17, 15) is 14.0 Å². The molecular weight excluding hydrogens is 337 g/mol. The molecule has 1 aliphatic heterocycles. The lowest BCUT2D eigenvalue weighted by molar-refractivity contribution is -0.136. The third-order valence-corrected chi connectivity index (χ3v) is 4.44. The molecule has 132 valence electrons. The van der Waals surface area contributed by atoms with Crippen molar-refractivity contribution in [2.24, 2.45) is 0 Å². The number of hydrogen-bond acceptors (Lipinski definition) is 3. The predicted molar refractivity (Wildman–Crippen MR) is 88.6 cm³/mol. The maximum absolute atomic E-state index is 13.8. The van der Waals surface area contributed by atoms with E-state index in [0.717, 1.165) is 25.1 Å². The van der Waals surface area contributed by atoms with Crippen molar-refractivity contribution in [3.05, 3.63) is 34.6 Å². The number of hydrogen-bond donors (Lipinski definition) is 3. The van der Waals surface area contributed by atoms with Crippen molar-refractivity contribution in [2.75, 3.05) is 19.6 Å². The fraction of sp³-hybridized carbons (Fsp3) is 0.500. The Morgan fingerprint density at radius 1 is 1.46 bits per heavy atom. The highest BCUT2D eigenvalue weighted by Gasteiger charge is 2.35. The molecule has 1 aromatic carbocycles. The number of benzene rings is 1. The van der Waals surface area contributed by atoms with Crippen LogP contribution < -0.4 is 10.6 Å². The van der Waals surface area contributed by atoms with Crippen molar-refractivity contribution in [3.63, 3.8) is 0 Å². The number of carbonyl (C=O) groups excluding carboxylic acids is 1. The van der Waals surface area contributed by atoms with Crippen LogP contribution in [0.25, 0.3) is 0 Å². The van der Waals surface area contributed by atoms with Crippen molar-refractivity contribution in [2.45, 2.75) is 31.8 Å². The van der Waals surface area contributed by atoms with Crippen LogP contribution >= 0.6 is 11.6 Å². The minimum Gasteiger partial charge on any atom is -0.481 e. The Balaban J connectivity index is 2.06. The van der Waals surface area contributed by atoms with Gasteiger partial charge in [0.05, 0.1) is 23.5 Å². The topological polar surface area (TPSA) is 81.7 Å². The van der Waals surface area contributed by atoms with Gasteiger partial charge in [0.15, 0.2) is 0 Å². The number of urea groups is 1. The number of carboxylic acid groups (broad SMARTS) is 1. The minimum atomic E-state index is -0.970. The number of rotatable bonds is 6. The van der Waals surface area contributed by atoms with Gasteiger partial charge in [-0.2, -0.15) is 0 Å². The molecule has 8 heteroatoms. The number of aliphatic carboxylic acids is 1. The summed E-state index contributed by atoms with van der Waals surface area (Å²) in [5, 5.41) is 14.0.